The monoisotopic (exact) mass is 332 g/mol. The summed E-state index contributed by atoms with van der Waals surface area (Å²) < 4.78 is 1.22. The van der Waals surface area contributed by atoms with E-state index in [2.05, 4.69) is 10.4 Å². The number of rotatable bonds is 2. The summed E-state index contributed by atoms with van der Waals surface area (Å²) in [6.07, 6.45) is 3.80. The first-order valence-corrected chi connectivity index (χ1v) is 8.54. The molecular formula is C17H24N4O3. The Kier molecular flexibility index (Phi) is 4.43. The third-order valence-electron chi connectivity index (χ3n) is 5.12. The van der Waals surface area contributed by atoms with Crippen molar-refractivity contribution in [3.05, 3.63) is 28.2 Å². The van der Waals surface area contributed by atoms with Crippen LogP contribution in [0.4, 0.5) is 0 Å². The lowest BCUT2D eigenvalue weighted by Crippen LogP contribution is -2.64. The standard InChI is InChI=1S/C17H24N4O3/c1-12-7-8-15(23)21(19-12)11-16(24)20-10-4-9-17(2)13(20)5-3-6-14(22)18-17/h7-8,13H,3-6,9-11H2,1-2H3,(H,18,22)/t13-,17-/m0/s1. The van der Waals surface area contributed by atoms with E-state index in [-0.39, 0.29) is 35.5 Å². The van der Waals surface area contributed by atoms with Crippen molar-refractivity contribution in [1.29, 1.82) is 0 Å². The molecule has 0 aromatic carbocycles. The summed E-state index contributed by atoms with van der Waals surface area (Å²) in [4.78, 5) is 38.5. The first kappa shape index (κ1) is 16.7. The van der Waals surface area contributed by atoms with Crippen LogP contribution in [-0.2, 0) is 16.1 Å². The Labute approximate surface area is 141 Å². The molecule has 2 fully saturated rings. The van der Waals surface area contributed by atoms with E-state index >= 15 is 0 Å². The zero-order valence-corrected chi connectivity index (χ0v) is 14.2. The first-order chi connectivity index (χ1) is 11.4. The predicted octanol–water partition coefficient (Wildman–Crippen LogP) is 0.602. The number of nitrogens with one attached hydrogen (secondary N) is 1. The van der Waals surface area contributed by atoms with Gasteiger partial charge in [-0.15, -0.1) is 0 Å². The van der Waals surface area contributed by atoms with Crippen molar-refractivity contribution in [1.82, 2.24) is 20.0 Å². The van der Waals surface area contributed by atoms with Crippen molar-refractivity contribution in [2.24, 2.45) is 0 Å². The van der Waals surface area contributed by atoms with Crippen LogP contribution in [0.25, 0.3) is 0 Å². The van der Waals surface area contributed by atoms with Crippen LogP contribution in [0, 0.1) is 6.92 Å². The number of hydrogen-bond acceptors (Lipinski definition) is 4. The van der Waals surface area contributed by atoms with Gasteiger partial charge in [-0.3, -0.25) is 14.4 Å². The van der Waals surface area contributed by atoms with Crippen LogP contribution in [0.2, 0.25) is 0 Å². The fourth-order valence-corrected chi connectivity index (χ4v) is 3.92. The Morgan fingerprint density at radius 2 is 2.17 bits per heavy atom. The van der Waals surface area contributed by atoms with E-state index in [1.54, 1.807) is 13.0 Å². The first-order valence-electron chi connectivity index (χ1n) is 8.54. The second-order valence-corrected chi connectivity index (χ2v) is 7.03. The smallest absolute Gasteiger partial charge is 0.267 e. The Balaban J connectivity index is 1.82. The van der Waals surface area contributed by atoms with E-state index in [0.29, 0.717) is 18.7 Å². The van der Waals surface area contributed by atoms with Gasteiger partial charge in [0.05, 0.1) is 17.3 Å². The number of aryl methyl sites for hydroxylation is 1. The van der Waals surface area contributed by atoms with Crippen molar-refractivity contribution < 1.29 is 9.59 Å². The summed E-state index contributed by atoms with van der Waals surface area (Å²) in [5, 5.41) is 7.26. The fourth-order valence-electron chi connectivity index (χ4n) is 3.92. The van der Waals surface area contributed by atoms with Crippen LogP contribution < -0.4 is 10.9 Å². The van der Waals surface area contributed by atoms with Crippen LogP contribution in [0.5, 0.6) is 0 Å². The van der Waals surface area contributed by atoms with Crippen LogP contribution in [0.1, 0.15) is 44.7 Å². The normalized spacial score (nSPS) is 27.2. The Bertz CT molecular complexity index is 714. The van der Waals surface area contributed by atoms with E-state index in [9.17, 15) is 14.4 Å². The molecule has 3 heterocycles. The van der Waals surface area contributed by atoms with Crippen LogP contribution >= 0.6 is 0 Å². The third-order valence-corrected chi connectivity index (χ3v) is 5.12. The highest BCUT2D eigenvalue weighted by molar-refractivity contribution is 5.79. The highest BCUT2D eigenvalue weighted by atomic mass is 16.2. The molecule has 1 aromatic rings. The van der Waals surface area contributed by atoms with Crippen molar-refractivity contribution in [2.45, 2.75) is 64.1 Å². The zero-order valence-electron chi connectivity index (χ0n) is 14.2. The van der Waals surface area contributed by atoms with Gasteiger partial charge in [0, 0.05) is 19.0 Å². The Morgan fingerprint density at radius 3 is 2.96 bits per heavy atom. The molecule has 2 aliphatic heterocycles. The molecule has 0 bridgehead atoms. The Morgan fingerprint density at radius 1 is 1.38 bits per heavy atom. The number of amides is 2. The molecule has 7 heteroatoms. The molecule has 2 atom stereocenters. The number of hydrogen-bond donors (Lipinski definition) is 1. The van der Waals surface area contributed by atoms with E-state index in [4.69, 9.17) is 0 Å². The van der Waals surface area contributed by atoms with Gasteiger partial charge in [-0.1, -0.05) is 0 Å². The summed E-state index contributed by atoms with van der Waals surface area (Å²) in [6, 6.07) is 3.05. The molecule has 0 spiro atoms. The highest BCUT2D eigenvalue weighted by Gasteiger charge is 2.44. The maximum atomic E-state index is 12.8. The molecule has 7 nitrogen and oxygen atoms in total. The molecule has 2 aliphatic rings. The summed E-state index contributed by atoms with van der Waals surface area (Å²) in [7, 11) is 0. The minimum absolute atomic E-state index is 0.0225. The largest absolute Gasteiger partial charge is 0.349 e. The molecular weight excluding hydrogens is 308 g/mol. The third kappa shape index (κ3) is 3.20. The molecule has 0 unspecified atom stereocenters. The molecule has 3 rings (SSSR count). The van der Waals surface area contributed by atoms with E-state index in [1.165, 1.54) is 10.7 Å². The minimum atomic E-state index is -0.382. The number of likely N-dealkylation sites (tertiary alicyclic amines) is 1. The van der Waals surface area contributed by atoms with Crippen LogP contribution in [0.3, 0.4) is 0 Å². The van der Waals surface area contributed by atoms with Gasteiger partial charge in [0.1, 0.15) is 6.54 Å². The van der Waals surface area contributed by atoms with Gasteiger partial charge in [-0.05, 0) is 45.6 Å². The van der Waals surface area contributed by atoms with Crippen LogP contribution in [-0.4, -0.2) is 44.6 Å². The van der Waals surface area contributed by atoms with Crippen molar-refractivity contribution in [3.8, 4) is 0 Å². The van der Waals surface area contributed by atoms with Gasteiger partial charge < -0.3 is 10.2 Å². The highest BCUT2D eigenvalue weighted by Crippen LogP contribution is 2.33. The second kappa shape index (κ2) is 6.37. The summed E-state index contributed by atoms with van der Waals surface area (Å²) in [6.45, 7) is 4.42. The zero-order chi connectivity index (χ0) is 17.3. The molecule has 1 aromatic heterocycles. The quantitative estimate of drug-likeness (QED) is 0.859. The maximum Gasteiger partial charge on any atom is 0.267 e. The molecule has 2 saturated heterocycles. The lowest BCUT2D eigenvalue weighted by Gasteiger charge is -2.47. The van der Waals surface area contributed by atoms with Gasteiger partial charge >= 0.3 is 0 Å². The van der Waals surface area contributed by atoms with Gasteiger partial charge in [0.2, 0.25) is 11.8 Å². The number of fused-ring (bicyclic) bond motifs is 1. The number of carbonyl (C=O) groups is 2. The maximum absolute atomic E-state index is 12.8. The van der Waals surface area contributed by atoms with Gasteiger partial charge in [0.25, 0.3) is 5.56 Å². The second-order valence-electron chi connectivity index (χ2n) is 7.03. The van der Waals surface area contributed by atoms with E-state index < -0.39 is 0 Å². The molecule has 2 amide bonds. The van der Waals surface area contributed by atoms with Crippen molar-refractivity contribution in [3.63, 3.8) is 0 Å². The molecule has 0 radical (unpaired) electrons. The molecule has 24 heavy (non-hydrogen) atoms. The van der Waals surface area contributed by atoms with E-state index in [0.717, 1.165) is 25.7 Å². The van der Waals surface area contributed by atoms with Gasteiger partial charge in [-0.2, -0.15) is 5.10 Å². The molecule has 130 valence electrons. The topological polar surface area (TPSA) is 84.3 Å². The number of aromatic nitrogens is 2. The lowest BCUT2D eigenvalue weighted by molar-refractivity contribution is -0.139. The molecule has 1 N–H and O–H groups in total. The van der Waals surface area contributed by atoms with Crippen molar-refractivity contribution in [2.75, 3.05) is 6.54 Å². The van der Waals surface area contributed by atoms with Gasteiger partial charge in [0.15, 0.2) is 0 Å². The number of nitrogens with zero attached hydrogens (tertiary/aromatic N) is 3. The summed E-state index contributed by atoms with van der Waals surface area (Å²) in [5.74, 6) is -0.0480. The lowest BCUT2D eigenvalue weighted by atomic mass is 9.81. The number of piperidine rings is 1. The summed E-state index contributed by atoms with van der Waals surface area (Å²) in [5.41, 5.74) is 0.0439. The summed E-state index contributed by atoms with van der Waals surface area (Å²) >= 11 is 0. The van der Waals surface area contributed by atoms with Gasteiger partial charge in [-0.25, -0.2) is 4.68 Å². The SMILES string of the molecule is Cc1ccc(=O)n(CC(=O)N2CCC[C@]3(C)NC(=O)CCC[C@H]23)n1. The van der Waals surface area contributed by atoms with E-state index in [1.807, 2.05) is 11.8 Å². The fraction of sp³-hybridized carbons (Fsp3) is 0.647. The minimum Gasteiger partial charge on any atom is -0.349 e. The Hall–Kier alpha value is -2.18. The average molecular weight is 332 g/mol. The molecule has 0 aliphatic carbocycles. The average Bonchev–Trinajstić information content (AvgIpc) is 2.67. The predicted molar refractivity (Wildman–Crippen MR) is 88.4 cm³/mol. The van der Waals surface area contributed by atoms with Crippen LogP contribution in [0.15, 0.2) is 16.9 Å². The number of carbonyl (C=O) groups excluding carboxylic acids is 2. The molecule has 0 saturated carbocycles. The van der Waals surface area contributed by atoms with Crippen molar-refractivity contribution >= 4 is 11.8 Å².